The van der Waals surface area contributed by atoms with Crippen molar-refractivity contribution in [2.75, 3.05) is 19.5 Å². The summed E-state index contributed by atoms with van der Waals surface area (Å²) in [5.74, 6) is -3.01. The second kappa shape index (κ2) is 7.67. The summed E-state index contributed by atoms with van der Waals surface area (Å²) in [4.78, 5) is 34.0. The topological polar surface area (TPSA) is 102 Å². The fourth-order valence-corrected chi connectivity index (χ4v) is 2.00. The van der Waals surface area contributed by atoms with Gasteiger partial charge in [0.25, 0.3) is 0 Å². The highest BCUT2D eigenvalue weighted by molar-refractivity contribution is 6.41. The van der Waals surface area contributed by atoms with Crippen LogP contribution in [0.5, 0.6) is 0 Å². The fraction of sp³-hybridized carbons (Fsp3) is 0.154. The largest absolute Gasteiger partial charge is 0.478 e. The van der Waals surface area contributed by atoms with E-state index in [4.69, 9.17) is 28.3 Å². The Morgan fingerprint density at radius 3 is 2.32 bits per heavy atom. The van der Waals surface area contributed by atoms with Crippen molar-refractivity contribution in [2.24, 2.45) is 0 Å². The first kappa shape index (κ1) is 17.8. The van der Waals surface area contributed by atoms with E-state index in [2.05, 4.69) is 14.8 Å². The van der Waals surface area contributed by atoms with Crippen molar-refractivity contribution < 1.29 is 29.0 Å². The Bertz CT molecular complexity index is 656. The number of carbonyl (C=O) groups excluding carboxylic acids is 2. The number of hydrogen-bond acceptors (Lipinski definition) is 6. The van der Waals surface area contributed by atoms with Gasteiger partial charge in [0, 0.05) is 0 Å². The Morgan fingerprint density at radius 2 is 1.82 bits per heavy atom. The van der Waals surface area contributed by atoms with Crippen molar-refractivity contribution >= 4 is 46.8 Å². The van der Waals surface area contributed by atoms with Crippen LogP contribution < -0.4 is 5.32 Å². The standard InChI is InChI=1S/C13H11Cl2NO6/c1-21-9(17)5-8(13(20)22-2)16-7-4-3-6(14)10(11(7)15)12(18)19/h3-5,16H,1-2H3,(H,18,19)/b8-5+. The molecule has 1 aromatic rings. The quantitative estimate of drug-likeness (QED) is 0.622. The highest BCUT2D eigenvalue weighted by atomic mass is 35.5. The Balaban J connectivity index is 3.28. The van der Waals surface area contributed by atoms with Gasteiger partial charge in [-0.2, -0.15) is 0 Å². The predicted octanol–water partition coefficient (Wildman–Crippen LogP) is 2.33. The van der Waals surface area contributed by atoms with Crippen molar-refractivity contribution in [3.05, 3.63) is 39.5 Å². The molecule has 0 saturated heterocycles. The maximum Gasteiger partial charge on any atom is 0.354 e. The minimum absolute atomic E-state index is 0.0593. The first-order chi connectivity index (χ1) is 10.3. The molecule has 0 saturated carbocycles. The number of carboxylic acid groups (broad SMARTS) is 1. The van der Waals surface area contributed by atoms with Gasteiger partial charge in [0.1, 0.15) is 5.70 Å². The molecule has 0 aromatic heterocycles. The molecule has 118 valence electrons. The van der Waals surface area contributed by atoms with Crippen molar-refractivity contribution in [2.45, 2.75) is 0 Å². The summed E-state index contributed by atoms with van der Waals surface area (Å²) in [6.45, 7) is 0. The molecule has 0 unspecified atom stereocenters. The summed E-state index contributed by atoms with van der Waals surface area (Å²) in [6, 6.07) is 2.64. The third kappa shape index (κ3) is 4.12. The lowest BCUT2D eigenvalue weighted by Crippen LogP contribution is -2.16. The Labute approximate surface area is 135 Å². The molecular formula is C13H11Cl2NO6. The molecule has 0 aliphatic carbocycles. The van der Waals surface area contributed by atoms with Crippen LogP contribution in [0.3, 0.4) is 0 Å². The summed E-state index contributed by atoms with van der Waals surface area (Å²) in [5.41, 5.74) is -0.561. The van der Waals surface area contributed by atoms with Crippen LogP contribution in [-0.4, -0.2) is 37.2 Å². The Morgan fingerprint density at radius 1 is 1.18 bits per heavy atom. The second-order valence-electron chi connectivity index (χ2n) is 3.79. The molecule has 0 atom stereocenters. The number of nitrogens with one attached hydrogen (secondary N) is 1. The van der Waals surface area contributed by atoms with Gasteiger partial charge in [0.15, 0.2) is 0 Å². The van der Waals surface area contributed by atoms with E-state index >= 15 is 0 Å². The molecule has 1 aromatic carbocycles. The molecule has 22 heavy (non-hydrogen) atoms. The average molecular weight is 348 g/mol. The molecule has 2 N–H and O–H groups in total. The number of hydrogen-bond donors (Lipinski definition) is 2. The van der Waals surface area contributed by atoms with Crippen molar-refractivity contribution in [1.82, 2.24) is 0 Å². The zero-order chi connectivity index (χ0) is 16.9. The van der Waals surface area contributed by atoms with Gasteiger partial charge in [-0.25, -0.2) is 14.4 Å². The molecule has 0 heterocycles. The molecule has 0 fully saturated rings. The number of carboxylic acids is 1. The Kier molecular flexibility index (Phi) is 6.21. The number of rotatable bonds is 5. The molecule has 0 bridgehead atoms. The van der Waals surface area contributed by atoms with Gasteiger partial charge in [-0.3, -0.25) is 0 Å². The van der Waals surface area contributed by atoms with Crippen LogP contribution >= 0.6 is 23.2 Å². The van der Waals surface area contributed by atoms with Crippen molar-refractivity contribution in [3.8, 4) is 0 Å². The van der Waals surface area contributed by atoms with E-state index in [1.165, 1.54) is 12.1 Å². The van der Waals surface area contributed by atoms with Gasteiger partial charge in [-0.1, -0.05) is 23.2 Å². The van der Waals surface area contributed by atoms with Crippen LogP contribution in [0.2, 0.25) is 10.0 Å². The minimum Gasteiger partial charge on any atom is -0.478 e. The Hall–Kier alpha value is -2.25. The van der Waals surface area contributed by atoms with Crippen LogP contribution in [0.1, 0.15) is 10.4 Å². The maximum atomic E-state index is 11.6. The summed E-state index contributed by atoms with van der Waals surface area (Å²) in [5, 5.41) is 11.3. The van der Waals surface area contributed by atoms with Gasteiger partial charge < -0.3 is 19.9 Å². The smallest absolute Gasteiger partial charge is 0.354 e. The van der Waals surface area contributed by atoms with Gasteiger partial charge in [-0.05, 0) is 12.1 Å². The average Bonchev–Trinajstić information content (AvgIpc) is 2.47. The fourth-order valence-electron chi connectivity index (χ4n) is 1.42. The number of halogens is 2. The lowest BCUT2D eigenvalue weighted by Gasteiger charge is -2.12. The number of esters is 2. The van der Waals surface area contributed by atoms with Crippen LogP contribution in [0, 0.1) is 0 Å². The lowest BCUT2D eigenvalue weighted by atomic mass is 10.2. The third-order valence-corrected chi connectivity index (χ3v) is 3.15. The van der Waals surface area contributed by atoms with Crippen molar-refractivity contribution in [1.29, 1.82) is 0 Å². The molecule has 7 nitrogen and oxygen atoms in total. The first-order valence-electron chi connectivity index (χ1n) is 5.68. The molecule has 9 heteroatoms. The summed E-state index contributed by atoms with van der Waals surface area (Å²) in [6.07, 6.45) is 0.844. The second-order valence-corrected chi connectivity index (χ2v) is 4.57. The predicted molar refractivity (Wildman–Crippen MR) is 79.2 cm³/mol. The minimum atomic E-state index is -1.34. The zero-order valence-electron chi connectivity index (χ0n) is 11.5. The molecule has 0 spiro atoms. The number of benzene rings is 1. The van der Waals surface area contributed by atoms with Crippen LogP contribution in [0.25, 0.3) is 0 Å². The summed E-state index contributed by atoms with van der Waals surface area (Å²) < 4.78 is 8.92. The number of anilines is 1. The van der Waals surface area contributed by atoms with Gasteiger partial charge in [-0.15, -0.1) is 0 Å². The van der Waals surface area contributed by atoms with Gasteiger partial charge >= 0.3 is 17.9 Å². The SMILES string of the molecule is COC(=O)/C=C(/Nc1ccc(Cl)c(C(=O)O)c1Cl)C(=O)OC. The van der Waals surface area contributed by atoms with Gasteiger partial charge in [0.05, 0.1) is 41.6 Å². The van der Waals surface area contributed by atoms with E-state index in [-0.39, 0.29) is 27.0 Å². The van der Waals surface area contributed by atoms with Crippen LogP contribution in [0.15, 0.2) is 23.9 Å². The van der Waals surface area contributed by atoms with E-state index in [0.29, 0.717) is 0 Å². The van der Waals surface area contributed by atoms with E-state index in [1.807, 2.05) is 0 Å². The number of aromatic carboxylic acids is 1. The molecule has 1 rings (SSSR count). The van der Waals surface area contributed by atoms with E-state index in [9.17, 15) is 14.4 Å². The van der Waals surface area contributed by atoms with Crippen LogP contribution in [-0.2, 0) is 19.1 Å². The number of methoxy groups -OCH3 is 2. The van der Waals surface area contributed by atoms with E-state index < -0.39 is 17.9 Å². The van der Waals surface area contributed by atoms with E-state index in [0.717, 1.165) is 20.3 Å². The normalized spacial score (nSPS) is 10.8. The first-order valence-corrected chi connectivity index (χ1v) is 6.43. The molecule has 0 amide bonds. The third-order valence-electron chi connectivity index (χ3n) is 2.44. The highest BCUT2D eigenvalue weighted by Gasteiger charge is 2.20. The monoisotopic (exact) mass is 347 g/mol. The summed E-state index contributed by atoms with van der Waals surface area (Å²) in [7, 11) is 2.24. The molecule has 0 aliphatic rings. The van der Waals surface area contributed by atoms with Crippen molar-refractivity contribution in [3.63, 3.8) is 0 Å². The lowest BCUT2D eigenvalue weighted by molar-refractivity contribution is -0.138. The zero-order valence-corrected chi connectivity index (χ0v) is 13.0. The van der Waals surface area contributed by atoms with Crippen LogP contribution in [0.4, 0.5) is 5.69 Å². The van der Waals surface area contributed by atoms with Gasteiger partial charge in [0.2, 0.25) is 0 Å². The highest BCUT2D eigenvalue weighted by Crippen LogP contribution is 2.32. The van der Waals surface area contributed by atoms with E-state index in [1.54, 1.807) is 0 Å². The molecular weight excluding hydrogens is 337 g/mol. The maximum absolute atomic E-state index is 11.6. The number of ether oxygens (including phenoxy) is 2. The summed E-state index contributed by atoms with van der Waals surface area (Å²) >= 11 is 11.7. The molecule has 0 radical (unpaired) electrons. The molecule has 0 aliphatic heterocycles. The number of carbonyl (C=O) groups is 3.